The van der Waals surface area contributed by atoms with E-state index in [0.29, 0.717) is 30.6 Å². The fraction of sp³-hybridized carbons (Fsp3) is 0.538. The summed E-state index contributed by atoms with van der Waals surface area (Å²) in [6, 6.07) is 5.23. The molecule has 0 saturated carbocycles. The van der Waals surface area contributed by atoms with Crippen LogP contribution < -0.4 is 4.90 Å². The van der Waals surface area contributed by atoms with Crippen molar-refractivity contribution in [1.29, 1.82) is 0 Å². The maximum atomic E-state index is 14.3. The molecule has 0 aromatic heterocycles. The summed E-state index contributed by atoms with van der Waals surface area (Å²) >= 11 is 0. The number of para-hydroxylation sites is 1. The molecule has 4 atom stereocenters. The van der Waals surface area contributed by atoms with Crippen LogP contribution in [0.2, 0.25) is 0 Å². The fourth-order valence-electron chi connectivity index (χ4n) is 6.13. The van der Waals surface area contributed by atoms with Crippen molar-refractivity contribution in [3.8, 4) is 0 Å². The summed E-state index contributed by atoms with van der Waals surface area (Å²) in [5, 5.41) is 11.9. The summed E-state index contributed by atoms with van der Waals surface area (Å²) in [6.07, 6.45) is 1.77. The highest BCUT2D eigenvalue weighted by atomic mass is 16.6. The minimum Gasteiger partial charge on any atom is -0.443 e. The first-order chi connectivity index (χ1) is 16.3. The van der Waals surface area contributed by atoms with Crippen molar-refractivity contribution in [3.05, 3.63) is 41.5 Å². The molecule has 1 spiro atoms. The first-order valence-corrected chi connectivity index (χ1v) is 12.0. The van der Waals surface area contributed by atoms with Gasteiger partial charge in [-0.25, -0.2) is 9.69 Å². The van der Waals surface area contributed by atoms with Gasteiger partial charge in [0.25, 0.3) is 5.91 Å². The number of nitrogens with zero attached hydrogens (tertiary/aromatic N) is 3. The molecular formula is C26H31N3O6. The van der Waals surface area contributed by atoms with Crippen LogP contribution in [0.1, 0.15) is 59.4 Å². The summed E-state index contributed by atoms with van der Waals surface area (Å²) in [6.45, 7) is 9.19. The first kappa shape index (κ1) is 23.5. The van der Waals surface area contributed by atoms with Crippen LogP contribution in [-0.4, -0.2) is 68.7 Å². The minimum absolute atomic E-state index is 0.336. The zero-order valence-corrected chi connectivity index (χ0v) is 20.7. The molecule has 5 rings (SSSR count). The molecule has 3 saturated heterocycles. The van der Waals surface area contributed by atoms with Crippen LogP contribution in [0.3, 0.4) is 0 Å². The number of imide groups is 1. The van der Waals surface area contributed by atoms with Crippen molar-refractivity contribution in [1.82, 2.24) is 9.80 Å². The average Bonchev–Trinajstić information content (AvgIpc) is 3.40. The van der Waals surface area contributed by atoms with Crippen molar-refractivity contribution in [2.24, 2.45) is 0 Å². The Labute approximate surface area is 204 Å². The molecule has 0 unspecified atom stereocenters. The third-order valence-electron chi connectivity index (χ3n) is 7.36. The highest BCUT2D eigenvalue weighted by Crippen LogP contribution is 2.57. The predicted molar refractivity (Wildman–Crippen MR) is 126 cm³/mol. The lowest BCUT2D eigenvalue weighted by atomic mass is 9.73. The van der Waals surface area contributed by atoms with Gasteiger partial charge in [-0.05, 0) is 59.1 Å². The highest BCUT2D eigenvalue weighted by Gasteiger charge is 2.74. The van der Waals surface area contributed by atoms with Gasteiger partial charge in [0, 0.05) is 13.0 Å². The van der Waals surface area contributed by atoms with Gasteiger partial charge in [0.05, 0.1) is 11.7 Å². The lowest BCUT2D eigenvalue weighted by Crippen LogP contribution is -2.69. The molecule has 4 aliphatic rings. The van der Waals surface area contributed by atoms with Crippen LogP contribution in [-0.2, 0) is 24.5 Å². The largest absolute Gasteiger partial charge is 0.443 e. The normalized spacial score (nSPS) is 31.6. The number of ether oxygens (including phenoxy) is 1. The second-order valence-electron chi connectivity index (χ2n) is 11.2. The standard InChI is InChI=1S/C26H31N3O6/c1-15(2)13-19-25(14-26(34)22(32)27-12-8-11-18(27)20(30)29(19)26)16-9-6-7-10-17(16)28(21(25)31)23(33)35-24(3,4)5/h6-7,9-10,13,18-19,34H,8,11-12,14H2,1-5H3/t18-,19-,25-,26+/m0/s1. The van der Waals surface area contributed by atoms with Crippen molar-refractivity contribution >= 4 is 29.5 Å². The monoisotopic (exact) mass is 481 g/mol. The third kappa shape index (κ3) is 3.10. The second-order valence-corrected chi connectivity index (χ2v) is 11.2. The van der Waals surface area contributed by atoms with Crippen molar-refractivity contribution in [2.45, 2.75) is 82.7 Å². The number of piperazine rings is 1. The number of fused-ring (bicyclic) bond motifs is 4. The van der Waals surface area contributed by atoms with E-state index in [-0.39, 0.29) is 12.3 Å². The molecule has 9 nitrogen and oxygen atoms in total. The Morgan fingerprint density at radius 3 is 2.49 bits per heavy atom. The number of anilines is 1. The highest BCUT2D eigenvalue weighted by molar-refractivity contribution is 6.22. The van der Waals surface area contributed by atoms with E-state index in [9.17, 15) is 24.3 Å². The van der Waals surface area contributed by atoms with E-state index in [2.05, 4.69) is 0 Å². The van der Waals surface area contributed by atoms with Gasteiger partial charge in [-0.2, -0.15) is 0 Å². The van der Waals surface area contributed by atoms with Crippen molar-refractivity contribution in [3.63, 3.8) is 0 Å². The zero-order valence-electron chi connectivity index (χ0n) is 20.7. The van der Waals surface area contributed by atoms with Gasteiger partial charge >= 0.3 is 6.09 Å². The SMILES string of the molecule is CC(C)=C[C@@H]1N2C(=O)[C@@H]3CCCN3C(=O)[C@]2(O)C[C@@]12C(=O)N(C(=O)OC(C)(C)C)c1ccccc12. The molecule has 1 N–H and O–H groups in total. The van der Waals surface area contributed by atoms with E-state index in [0.717, 1.165) is 10.5 Å². The predicted octanol–water partition coefficient (Wildman–Crippen LogP) is 2.47. The van der Waals surface area contributed by atoms with Gasteiger partial charge < -0.3 is 14.7 Å². The van der Waals surface area contributed by atoms with Gasteiger partial charge in [-0.1, -0.05) is 29.8 Å². The quantitative estimate of drug-likeness (QED) is 0.618. The van der Waals surface area contributed by atoms with Crippen LogP contribution in [0.4, 0.5) is 10.5 Å². The van der Waals surface area contributed by atoms with Gasteiger partial charge in [-0.3, -0.25) is 19.3 Å². The van der Waals surface area contributed by atoms with E-state index in [4.69, 9.17) is 4.74 Å². The van der Waals surface area contributed by atoms with Gasteiger partial charge in [-0.15, -0.1) is 0 Å². The van der Waals surface area contributed by atoms with Crippen LogP contribution in [0.25, 0.3) is 0 Å². The number of allylic oxidation sites excluding steroid dienone is 1. The maximum Gasteiger partial charge on any atom is 0.421 e. The number of hydrogen-bond acceptors (Lipinski definition) is 6. The van der Waals surface area contributed by atoms with Crippen LogP contribution in [0, 0.1) is 0 Å². The number of carbonyl (C=O) groups excluding carboxylic acids is 4. The van der Waals surface area contributed by atoms with Gasteiger partial charge in [0.2, 0.25) is 17.5 Å². The summed E-state index contributed by atoms with van der Waals surface area (Å²) < 4.78 is 5.55. The lowest BCUT2D eigenvalue weighted by Gasteiger charge is -2.45. The Balaban J connectivity index is 1.72. The molecule has 4 heterocycles. The molecule has 9 heteroatoms. The molecule has 0 aliphatic carbocycles. The Morgan fingerprint density at radius 2 is 1.83 bits per heavy atom. The topological polar surface area (TPSA) is 107 Å². The van der Waals surface area contributed by atoms with Gasteiger partial charge in [0.1, 0.15) is 17.1 Å². The molecular weight excluding hydrogens is 450 g/mol. The molecule has 1 aromatic rings. The van der Waals surface area contributed by atoms with Gasteiger partial charge in [0.15, 0.2) is 0 Å². The van der Waals surface area contributed by atoms with Crippen LogP contribution in [0.15, 0.2) is 35.9 Å². The number of hydrogen-bond donors (Lipinski definition) is 1. The van der Waals surface area contributed by atoms with Crippen molar-refractivity contribution in [2.75, 3.05) is 11.4 Å². The third-order valence-corrected chi connectivity index (χ3v) is 7.36. The van der Waals surface area contributed by atoms with E-state index >= 15 is 0 Å². The van der Waals surface area contributed by atoms with E-state index in [1.165, 1.54) is 9.80 Å². The maximum absolute atomic E-state index is 14.3. The number of rotatable bonds is 1. The molecule has 3 fully saturated rings. The number of aliphatic hydroxyl groups is 1. The summed E-state index contributed by atoms with van der Waals surface area (Å²) in [5.41, 5.74) is -2.92. The molecule has 1 aromatic carbocycles. The first-order valence-electron chi connectivity index (χ1n) is 12.0. The number of amides is 4. The molecule has 4 aliphatic heterocycles. The summed E-state index contributed by atoms with van der Waals surface area (Å²) in [4.78, 5) is 58.5. The number of carbonyl (C=O) groups is 4. The Morgan fingerprint density at radius 1 is 1.14 bits per heavy atom. The number of benzene rings is 1. The van der Waals surface area contributed by atoms with E-state index in [1.54, 1.807) is 51.1 Å². The lowest BCUT2D eigenvalue weighted by molar-refractivity contribution is -0.192. The Hall–Kier alpha value is -3.20. The van der Waals surface area contributed by atoms with E-state index < -0.39 is 46.7 Å². The second kappa shape index (κ2) is 7.40. The summed E-state index contributed by atoms with van der Waals surface area (Å²) in [7, 11) is 0. The Kier molecular flexibility index (Phi) is 4.98. The summed E-state index contributed by atoms with van der Waals surface area (Å²) in [5.74, 6) is -1.55. The molecule has 0 radical (unpaired) electrons. The van der Waals surface area contributed by atoms with Crippen LogP contribution in [0.5, 0.6) is 0 Å². The molecule has 35 heavy (non-hydrogen) atoms. The average molecular weight is 482 g/mol. The minimum atomic E-state index is -2.19. The smallest absolute Gasteiger partial charge is 0.421 e. The molecule has 4 amide bonds. The zero-order chi connectivity index (χ0) is 25.5. The van der Waals surface area contributed by atoms with Crippen molar-refractivity contribution < 1.29 is 29.0 Å². The fourth-order valence-corrected chi connectivity index (χ4v) is 6.13. The van der Waals surface area contributed by atoms with Crippen LogP contribution >= 0.6 is 0 Å². The van der Waals surface area contributed by atoms with E-state index in [1.807, 2.05) is 13.8 Å². The molecule has 186 valence electrons. The Bertz CT molecular complexity index is 1180. The molecule has 0 bridgehead atoms.